The van der Waals surface area contributed by atoms with Crippen LogP contribution in [0, 0.1) is 5.92 Å². The summed E-state index contributed by atoms with van der Waals surface area (Å²) in [5, 5.41) is 0. The summed E-state index contributed by atoms with van der Waals surface area (Å²) in [4.78, 5) is 13.0. The SMILES string of the molecule is O=C(OC1c2ccccc2-c2ccccc21)O[C@H]1C[N+]2(CCCOc3ccccc3)CCC1CC2.[Br-]. The number of quaternary nitrogens is 1. The molecular formula is C30H32BrNO4. The second kappa shape index (κ2) is 10.7. The maximum absolute atomic E-state index is 13.0. The summed E-state index contributed by atoms with van der Waals surface area (Å²) in [5.41, 5.74) is 4.32. The lowest BCUT2D eigenvalue weighted by atomic mass is 9.83. The summed E-state index contributed by atoms with van der Waals surface area (Å²) in [6, 6.07) is 26.3. The van der Waals surface area contributed by atoms with E-state index in [0.717, 1.165) is 77.9 Å². The van der Waals surface area contributed by atoms with Gasteiger partial charge in [0.25, 0.3) is 0 Å². The summed E-state index contributed by atoms with van der Waals surface area (Å²) in [5.74, 6) is 1.36. The van der Waals surface area contributed by atoms with Crippen molar-refractivity contribution in [2.24, 2.45) is 5.92 Å². The molecule has 3 heterocycles. The molecule has 4 aliphatic rings. The van der Waals surface area contributed by atoms with Gasteiger partial charge in [-0.15, -0.1) is 0 Å². The molecule has 5 nitrogen and oxygen atoms in total. The second-order valence-corrected chi connectivity index (χ2v) is 10.1. The van der Waals surface area contributed by atoms with E-state index in [1.807, 2.05) is 66.7 Å². The largest absolute Gasteiger partial charge is 1.00 e. The summed E-state index contributed by atoms with van der Waals surface area (Å²) in [6.07, 6.45) is 2.16. The van der Waals surface area contributed by atoms with Crippen molar-refractivity contribution in [1.29, 1.82) is 0 Å². The van der Waals surface area contributed by atoms with Gasteiger partial charge in [-0.1, -0.05) is 66.7 Å². The topological polar surface area (TPSA) is 44.8 Å². The van der Waals surface area contributed by atoms with Crippen LogP contribution in [0.1, 0.15) is 36.5 Å². The minimum atomic E-state index is -0.550. The molecule has 7 rings (SSSR count). The number of rotatable bonds is 7. The number of nitrogens with zero attached hydrogens (tertiary/aromatic N) is 1. The predicted octanol–water partition coefficient (Wildman–Crippen LogP) is 2.99. The number of carbonyl (C=O) groups excluding carboxylic acids is 1. The van der Waals surface area contributed by atoms with Gasteiger partial charge in [0, 0.05) is 36.3 Å². The van der Waals surface area contributed by atoms with Gasteiger partial charge in [-0.3, -0.25) is 0 Å². The lowest BCUT2D eigenvalue weighted by molar-refractivity contribution is -0.946. The Morgan fingerprint density at radius 1 is 0.806 bits per heavy atom. The van der Waals surface area contributed by atoms with Crippen LogP contribution < -0.4 is 21.7 Å². The molecule has 3 fully saturated rings. The molecule has 36 heavy (non-hydrogen) atoms. The lowest BCUT2D eigenvalue weighted by Crippen LogP contribution is -3.00. The number of ether oxygens (including phenoxy) is 3. The van der Waals surface area contributed by atoms with Crippen molar-refractivity contribution in [3.63, 3.8) is 0 Å². The Kier molecular flexibility index (Phi) is 7.35. The number of halogens is 1. The van der Waals surface area contributed by atoms with Crippen LogP contribution in [0.5, 0.6) is 5.75 Å². The number of benzene rings is 3. The van der Waals surface area contributed by atoms with Crippen LogP contribution in [0.15, 0.2) is 78.9 Å². The van der Waals surface area contributed by atoms with E-state index >= 15 is 0 Å². The molecule has 3 aromatic carbocycles. The number of piperidine rings is 3. The van der Waals surface area contributed by atoms with E-state index in [2.05, 4.69) is 12.1 Å². The van der Waals surface area contributed by atoms with Crippen molar-refractivity contribution in [2.75, 3.05) is 32.8 Å². The Labute approximate surface area is 223 Å². The van der Waals surface area contributed by atoms with Crippen LogP contribution in [0.4, 0.5) is 4.79 Å². The van der Waals surface area contributed by atoms with E-state index in [0.29, 0.717) is 12.5 Å². The summed E-state index contributed by atoms with van der Waals surface area (Å²) >= 11 is 0. The minimum Gasteiger partial charge on any atom is -1.00 e. The first-order valence-corrected chi connectivity index (χ1v) is 12.8. The zero-order valence-electron chi connectivity index (χ0n) is 20.4. The van der Waals surface area contributed by atoms with Crippen LogP contribution in [0.25, 0.3) is 11.1 Å². The highest BCUT2D eigenvalue weighted by Gasteiger charge is 2.47. The van der Waals surface area contributed by atoms with Gasteiger partial charge in [-0.05, 0) is 23.3 Å². The van der Waals surface area contributed by atoms with Gasteiger partial charge in [-0.2, -0.15) is 0 Å². The Morgan fingerprint density at radius 2 is 1.42 bits per heavy atom. The first-order chi connectivity index (χ1) is 17.2. The normalized spacial score (nSPS) is 23.8. The van der Waals surface area contributed by atoms with Crippen molar-refractivity contribution >= 4 is 6.16 Å². The Balaban J connectivity index is 0.00000267. The Morgan fingerprint density at radius 3 is 2.08 bits per heavy atom. The average Bonchev–Trinajstić information content (AvgIpc) is 3.21. The van der Waals surface area contributed by atoms with Gasteiger partial charge < -0.3 is 35.7 Å². The highest BCUT2D eigenvalue weighted by atomic mass is 79.9. The van der Waals surface area contributed by atoms with Crippen molar-refractivity contribution < 1.29 is 40.5 Å². The average molecular weight is 550 g/mol. The van der Waals surface area contributed by atoms with Gasteiger partial charge in [0.05, 0.1) is 26.2 Å². The van der Waals surface area contributed by atoms with Crippen LogP contribution in [0.3, 0.4) is 0 Å². The van der Waals surface area contributed by atoms with E-state index in [-0.39, 0.29) is 23.1 Å². The number of fused-ring (bicyclic) bond motifs is 6. The number of hydrogen-bond acceptors (Lipinski definition) is 4. The van der Waals surface area contributed by atoms with Gasteiger partial charge in [0.1, 0.15) is 12.3 Å². The third-order valence-corrected chi connectivity index (χ3v) is 8.07. The summed E-state index contributed by atoms with van der Waals surface area (Å²) in [7, 11) is 0. The van der Waals surface area contributed by atoms with Crippen LogP contribution in [-0.2, 0) is 9.47 Å². The fraction of sp³-hybridized carbons (Fsp3) is 0.367. The van der Waals surface area contributed by atoms with Crippen LogP contribution >= 0.6 is 0 Å². The maximum Gasteiger partial charge on any atom is 0.509 e. The van der Waals surface area contributed by atoms with E-state index < -0.39 is 12.3 Å². The molecule has 0 spiro atoms. The maximum atomic E-state index is 13.0. The van der Waals surface area contributed by atoms with Gasteiger partial charge >= 0.3 is 6.16 Å². The second-order valence-electron chi connectivity index (χ2n) is 10.1. The molecule has 2 bridgehead atoms. The summed E-state index contributed by atoms with van der Waals surface area (Å²) in [6.45, 7) is 4.96. The molecule has 0 unspecified atom stereocenters. The fourth-order valence-corrected chi connectivity index (χ4v) is 6.26. The van der Waals surface area contributed by atoms with E-state index in [9.17, 15) is 4.79 Å². The quantitative estimate of drug-likeness (QED) is 0.258. The number of para-hydroxylation sites is 1. The molecule has 6 heteroatoms. The highest BCUT2D eigenvalue weighted by Crippen LogP contribution is 2.45. The predicted molar refractivity (Wildman–Crippen MR) is 134 cm³/mol. The molecule has 3 saturated heterocycles. The van der Waals surface area contributed by atoms with Gasteiger partial charge in [-0.25, -0.2) is 4.79 Å². The van der Waals surface area contributed by atoms with Crippen LogP contribution in [-0.4, -0.2) is 49.5 Å². The minimum absolute atomic E-state index is 0. The molecule has 0 saturated carbocycles. The molecule has 3 aliphatic heterocycles. The molecule has 1 atom stereocenters. The first-order valence-electron chi connectivity index (χ1n) is 12.8. The Hall–Kier alpha value is -2.83. The molecule has 0 radical (unpaired) electrons. The molecule has 1 aliphatic carbocycles. The van der Waals surface area contributed by atoms with Gasteiger partial charge in [0.2, 0.25) is 0 Å². The lowest BCUT2D eigenvalue weighted by Gasteiger charge is -2.51. The summed E-state index contributed by atoms with van der Waals surface area (Å²) < 4.78 is 18.9. The number of hydrogen-bond donors (Lipinski definition) is 0. The molecule has 188 valence electrons. The smallest absolute Gasteiger partial charge is 0.509 e. The molecule has 0 N–H and O–H groups in total. The van der Waals surface area contributed by atoms with E-state index in [1.54, 1.807) is 0 Å². The van der Waals surface area contributed by atoms with Crippen molar-refractivity contribution in [3.05, 3.63) is 90.0 Å². The third-order valence-electron chi connectivity index (χ3n) is 8.07. The highest BCUT2D eigenvalue weighted by molar-refractivity contribution is 5.79. The van der Waals surface area contributed by atoms with Crippen molar-refractivity contribution in [3.8, 4) is 16.9 Å². The Bertz CT molecular complexity index is 1150. The van der Waals surface area contributed by atoms with Crippen molar-refractivity contribution in [2.45, 2.75) is 31.5 Å². The van der Waals surface area contributed by atoms with Crippen LogP contribution in [0.2, 0.25) is 0 Å². The standard InChI is InChI=1S/C30H32NO4.BrH/c32-30(35-29-26-13-6-4-11-24(26)25-12-5-7-14-27(25)29)34-28-21-31(18-15-22(28)16-19-31)17-8-20-33-23-9-2-1-3-10-23;/h1-7,9-14,22,28-29H,8,15-21H2;1H/q+1;/p-1/t22?,28-,31?;/m0./s1. The zero-order chi connectivity index (χ0) is 23.7. The van der Waals surface area contributed by atoms with Crippen molar-refractivity contribution in [1.82, 2.24) is 0 Å². The molecular weight excluding hydrogens is 518 g/mol. The molecule has 0 aromatic heterocycles. The van der Waals surface area contributed by atoms with E-state index in [4.69, 9.17) is 14.2 Å². The molecule has 0 amide bonds. The number of carbonyl (C=O) groups is 1. The third kappa shape index (κ3) is 4.89. The first kappa shape index (κ1) is 24.8. The van der Waals surface area contributed by atoms with Gasteiger partial charge in [0.15, 0.2) is 12.2 Å². The monoisotopic (exact) mass is 549 g/mol. The van der Waals surface area contributed by atoms with E-state index in [1.165, 1.54) is 0 Å². The fourth-order valence-electron chi connectivity index (χ4n) is 6.26. The molecule has 3 aromatic rings. The zero-order valence-corrected chi connectivity index (χ0v) is 21.9.